The van der Waals surface area contributed by atoms with Crippen molar-refractivity contribution in [2.24, 2.45) is 11.7 Å². The van der Waals surface area contributed by atoms with Crippen molar-refractivity contribution in [3.05, 3.63) is 59.7 Å². The third-order valence-electron chi connectivity index (χ3n) is 3.66. The molecule has 0 aliphatic heterocycles. The Kier molecular flexibility index (Phi) is 6.48. The van der Waals surface area contributed by atoms with Gasteiger partial charge in [-0.25, -0.2) is 0 Å². The summed E-state index contributed by atoms with van der Waals surface area (Å²) in [6, 6.07) is 16.2. The fourth-order valence-corrected chi connectivity index (χ4v) is 2.52. The van der Waals surface area contributed by atoms with E-state index in [4.69, 9.17) is 15.2 Å². The van der Waals surface area contributed by atoms with Gasteiger partial charge >= 0.3 is 0 Å². The van der Waals surface area contributed by atoms with E-state index in [1.165, 1.54) is 0 Å². The van der Waals surface area contributed by atoms with Crippen molar-refractivity contribution in [3.63, 3.8) is 0 Å². The molecule has 3 heteroatoms. The molecule has 23 heavy (non-hydrogen) atoms. The van der Waals surface area contributed by atoms with Crippen molar-refractivity contribution in [1.82, 2.24) is 0 Å². The molecule has 0 heterocycles. The Morgan fingerprint density at radius 2 is 1.70 bits per heavy atom. The van der Waals surface area contributed by atoms with Crippen LogP contribution in [-0.4, -0.2) is 6.61 Å². The van der Waals surface area contributed by atoms with Gasteiger partial charge in [-0.1, -0.05) is 50.2 Å². The van der Waals surface area contributed by atoms with Gasteiger partial charge in [-0.05, 0) is 42.5 Å². The first-order valence-corrected chi connectivity index (χ1v) is 8.29. The van der Waals surface area contributed by atoms with Crippen LogP contribution in [-0.2, 0) is 6.61 Å². The second-order valence-corrected chi connectivity index (χ2v) is 6.15. The third kappa shape index (κ3) is 5.29. The normalized spacial score (nSPS) is 12.2. The molecule has 0 fully saturated rings. The van der Waals surface area contributed by atoms with Gasteiger partial charge in [0.25, 0.3) is 0 Å². The smallest absolute Gasteiger partial charge is 0.161 e. The lowest BCUT2D eigenvalue weighted by molar-refractivity contribution is 0.269. The summed E-state index contributed by atoms with van der Waals surface area (Å²) in [7, 11) is 0. The maximum Gasteiger partial charge on any atom is 0.161 e. The lowest BCUT2D eigenvalue weighted by Gasteiger charge is -2.18. The van der Waals surface area contributed by atoms with E-state index in [2.05, 4.69) is 13.8 Å². The average molecular weight is 313 g/mol. The highest BCUT2D eigenvalue weighted by molar-refractivity contribution is 5.44. The summed E-state index contributed by atoms with van der Waals surface area (Å²) in [4.78, 5) is 0. The zero-order valence-corrected chi connectivity index (χ0v) is 14.3. The van der Waals surface area contributed by atoms with Crippen molar-refractivity contribution >= 4 is 0 Å². The highest BCUT2D eigenvalue weighted by Gasteiger charge is 2.13. The van der Waals surface area contributed by atoms with Crippen LogP contribution in [0.4, 0.5) is 0 Å². The predicted octanol–water partition coefficient (Wildman–Crippen LogP) is 4.71. The summed E-state index contributed by atoms with van der Waals surface area (Å²) in [6.45, 7) is 7.46. The van der Waals surface area contributed by atoms with Crippen molar-refractivity contribution in [2.45, 2.75) is 39.8 Å². The van der Waals surface area contributed by atoms with Crippen LogP contribution in [0.15, 0.2) is 48.5 Å². The van der Waals surface area contributed by atoms with Crippen LogP contribution in [0.2, 0.25) is 0 Å². The van der Waals surface area contributed by atoms with Crippen molar-refractivity contribution in [2.75, 3.05) is 6.61 Å². The predicted molar refractivity (Wildman–Crippen MR) is 94.8 cm³/mol. The number of ether oxygens (including phenoxy) is 2. The highest BCUT2D eigenvalue weighted by atomic mass is 16.5. The summed E-state index contributed by atoms with van der Waals surface area (Å²) < 4.78 is 11.7. The molecule has 0 unspecified atom stereocenters. The molecule has 0 spiro atoms. The number of nitrogens with two attached hydrogens (primary N) is 1. The van der Waals surface area contributed by atoms with Gasteiger partial charge in [0.2, 0.25) is 0 Å². The summed E-state index contributed by atoms with van der Waals surface area (Å²) in [5, 5.41) is 0. The Morgan fingerprint density at radius 1 is 0.957 bits per heavy atom. The third-order valence-corrected chi connectivity index (χ3v) is 3.66. The molecule has 2 aromatic rings. The van der Waals surface area contributed by atoms with Gasteiger partial charge in [0.1, 0.15) is 6.61 Å². The molecule has 3 nitrogen and oxygen atoms in total. The molecule has 0 bridgehead atoms. The van der Waals surface area contributed by atoms with E-state index < -0.39 is 0 Å². The van der Waals surface area contributed by atoms with Crippen LogP contribution in [0, 0.1) is 5.92 Å². The van der Waals surface area contributed by atoms with Crippen molar-refractivity contribution < 1.29 is 9.47 Å². The molecule has 2 N–H and O–H groups in total. The number of rotatable bonds is 8. The maximum atomic E-state index is 6.28. The minimum absolute atomic E-state index is 0.0254. The molecule has 0 aromatic heterocycles. The van der Waals surface area contributed by atoms with Crippen LogP contribution in [0.25, 0.3) is 0 Å². The topological polar surface area (TPSA) is 44.5 Å². The van der Waals surface area contributed by atoms with Gasteiger partial charge in [0.05, 0.1) is 6.61 Å². The first-order valence-electron chi connectivity index (χ1n) is 8.29. The van der Waals surface area contributed by atoms with Crippen LogP contribution < -0.4 is 15.2 Å². The zero-order valence-electron chi connectivity index (χ0n) is 14.3. The SMILES string of the molecule is CCOc1cc([C@@H](N)CC(C)C)ccc1OCc1ccccc1. The van der Waals surface area contributed by atoms with Gasteiger partial charge in [-0.3, -0.25) is 0 Å². The Balaban J connectivity index is 2.12. The molecule has 1 atom stereocenters. The second kappa shape index (κ2) is 8.59. The van der Waals surface area contributed by atoms with Gasteiger partial charge < -0.3 is 15.2 Å². The van der Waals surface area contributed by atoms with Crippen LogP contribution in [0.5, 0.6) is 11.5 Å². The molecule has 0 aliphatic carbocycles. The number of hydrogen-bond acceptors (Lipinski definition) is 3. The van der Waals surface area contributed by atoms with Gasteiger partial charge in [0, 0.05) is 6.04 Å². The number of benzene rings is 2. The molecular weight excluding hydrogens is 286 g/mol. The van der Waals surface area contributed by atoms with E-state index in [9.17, 15) is 0 Å². The van der Waals surface area contributed by atoms with E-state index >= 15 is 0 Å². The van der Waals surface area contributed by atoms with Gasteiger partial charge in [0.15, 0.2) is 11.5 Å². The molecule has 2 rings (SSSR count). The van der Waals surface area contributed by atoms with E-state index in [0.29, 0.717) is 19.1 Å². The molecular formula is C20H27NO2. The van der Waals surface area contributed by atoms with Crippen LogP contribution in [0.3, 0.4) is 0 Å². The van der Waals surface area contributed by atoms with E-state index in [0.717, 1.165) is 29.0 Å². The zero-order chi connectivity index (χ0) is 16.7. The fourth-order valence-electron chi connectivity index (χ4n) is 2.52. The van der Waals surface area contributed by atoms with Crippen molar-refractivity contribution in [1.29, 1.82) is 0 Å². The Morgan fingerprint density at radius 3 is 2.35 bits per heavy atom. The standard InChI is InChI=1S/C20H27NO2/c1-4-22-20-13-17(18(21)12-15(2)3)10-11-19(20)23-14-16-8-6-5-7-9-16/h5-11,13,15,18H,4,12,14,21H2,1-3H3/t18-/m0/s1. The highest BCUT2D eigenvalue weighted by Crippen LogP contribution is 2.32. The summed E-state index contributed by atoms with van der Waals surface area (Å²) >= 11 is 0. The van der Waals surface area contributed by atoms with E-state index in [1.54, 1.807) is 0 Å². The summed E-state index contributed by atoms with van der Waals surface area (Å²) in [6.07, 6.45) is 0.954. The molecule has 0 amide bonds. The molecule has 0 saturated carbocycles. The molecule has 0 aliphatic rings. The summed E-state index contributed by atoms with van der Waals surface area (Å²) in [5.41, 5.74) is 8.51. The minimum Gasteiger partial charge on any atom is -0.490 e. The molecule has 0 saturated heterocycles. The minimum atomic E-state index is 0.0254. The van der Waals surface area contributed by atoms with E-state index in [1.807, 2.05) is 55.5 Å². The largest absolute Gasteiger partial charge is 0.490 e. The Hall–Kier alpha value is -2.00. The molecule has 0 radical (unpaired) electrons. The monoisotopic (exact) mass is 313 g/mol. The Bertz CT molecular complexity index is 596. The lowest BCUT2D eigenvalue weighted by Crippen LogP contribution is -2.13. The van der Waals surface area contributed by atoms with E-state index in [-0.39, 0.29) is 6.04 Å². The van der Waals surface area contributed by atoms with Gasteiger partial charge in [-0.15, -0.1) is 0 Å². The Labute approximate surface area is 139 Å². The molecule has 2 aromatic carbocycles. The van der Waals surface area contributed by atoms with Crippen LogP contribution >= 0.6 is 0 Å². The van der Waals surface area contributed by atoms with Crippen molar-refractivity contribution in [3.8, 4) is 11.5 Å². The van der Waals surface area contributed by atoms with Gasteiger partial charge in [-0.2, -0.15) is 0 Å². The first kappa shape index (κ1) is 17.4. The second-order valence-electron chi connectivity index (χ2n) is 6.15. The molecule has 124 valence electrons. The number of hydrogen-bond donors (Lipinski definition) is 1. The average Bonchev–Trinajstić information content (AvgIpc) is 2.54. The fraction of sp³-hybridized carbons (Fsp3) is 0.400. The van der Waals surface area contributed by atoms with Crippen LogP contribution in [0.1, 0.15) is 44.4 Å². The maximum absolute atomic E-state index is 6.28. The first-order chi connectivity index (χ1) is 11.1. The summed E-state index contributed by atoms with van der Waals surface area (Å²) in [5.74, 6) is 2.09. The quantitative estimate of drug-likeness (QED) is 0.767. The lowest BCUT2D eigenvalue weighted by atomic mass is 9.97.